The fourth-order valence-electron chi connectivity index (χ4n) is 3.87. The Kier molecular flexibility index (Phi) is 9.90. The summed E-state index contributed by atoms with van der Waals surface area (Å²) in [7, 11) is -2.51. The molecule has 0 aliphatic rings. The summed E-state index contributed by atoms with van der Waals surface area (Å²) < 4.78 is 33.8. The number of anilines is 1. The Morgan fingerprint density at radius 2 is 1.58 bits per heavy atom. The van der Waals surface area contributed by atoms with Crippen LogP contribution in [0.3, 0.4) is 0 Å². The maximum atomic E-state index is 13.8. The summed E-state index contributed by atoms with van der Waals surface area (Å²) in [5, 5.41) is 2.83. The standard InChI is InChI=1S/C29H35N3O5S/c1-5-19-30-29(34)23(3)31(20-24-13-15-26(37-4)16-14-24)28(33)21-32(25-9-7-6-8-10-25)38(35,36)27-17-11-22(2)12-18-27/h6-18,23H,5,19-21H2,1-4H3,(H,30,34)/t23-/m1/s1. The first-order valence-corrected chi connectivity index (χ1v) is 14.0. The predicted octanol–water partition coefficient (Wildman–Crippen LogP) is 4.14. The summed E-state index contributed by atoms with van der Waals surface area (Å²) >= 11 is 0. The van der Waals surface area contributed by atoms with Gasteiger partial charge in [0.2, 0.25) is 11.8 Å². The van der Waals surface area contributed by atoms with Gasteiger partial charge in [-0.05, 0) is 62.2 Å². The number of carbonyl (C=O) groups is 2. The zero-order valence-corrected chi connectivity index (χ0v) is 23.1. The minimum atomic E-state index is -4.07. The van der Waals surface area contributed by atoms with Gasteiger partial charge in [-0.15, -0.1) is 0 Å². The number of nitrogens with one attached hydrogen (secondary N) is 1. The topological polar surface area (TPSA) is 96.0 Å². The van der Waals surface area contributed by atoms with E-state index in [1.807, 2.05) is 26.0 Å². The highest BCUT2D eigenvalue weighted by atomic mass is 32.2. The fraction of sp³-hybridized carbons (Fsp3) is 0.310. The average Bonchev–Trinajstić information content (AvgIpc) is 2.93. The molecule has 3 aromatic carbocycles. The Morgan fingerprint density at radius 1 is 0.947 bits per heavy atom. The van der Waals surface area contributed by atoms with Gasteiger partial charge in [-0.3, -0.25) is 13.9 Å². The van der Waals surface area contributed by atoms with Gasteiger partial charge in [0.25, 0.3) is 10.0 Å². The van der Waals surface area contributed by atoms with E-state index in [-0.39, 0.29) is 17.3 Å². The SMILES string of the molecule is CCCNC(=O)[C@@H](C)N(Cc1ccc(OC)cc1)C(=O)CN(c1ccccc1)S(=O)(=O)c1ccc(C)cc1. The van der Waals surface area contributed by atoms with Crippen LogP contribution in [-0.4, -0.2) is 51.4 Å². The van der Waals surface area contributed by atoms with Crippen molar-refractivity contribution in [1.29, 1.82) is 0 Å². The first-order chi connectivity index (χ1) is 18.2. The molecule has 38 heavy (non-hydrogen) atoms. The Morgan fingerprint density at radius 3 is 2.16 bits per heavy atom. The van der Waals surface area contributed by atoms with Crippen molar-refractivity contribution in [2.75, 3.05) is 24.5 Å². The average molecular weight is 538 g/mol. The number of benzene rings is 3. The molecular formula is C29H35N3O5S. The predicted molar refractivity (Wildman–Crippen MR) is 148 cm³/mol. The summed E-state index contributed by atoms with van der Waals surface area (Å²) in [6.07, 6.45) is 0.751. The summed E-state index contributed by atoms with van der Waals surface area (Å²) in [5.74, 6) is -0.138. The van der Waals surface area contributed by atoms with Crippen LogP contribution in [0.15, 0.2) is 83.8 Å². The molecule has 0 heterocycles. The van der Waals surface area contributed by atoms with Crippen LogP contribution in [0.25, 0.3) is 0 Å². The van der Waals surface area contributed by atoms with Crippen LogP contribution >= 0.6 is 0 Å². The third-order valence-electron chi connectivity index (χ3n) is 6.16. The van der Waals surface area contributed by atoms with Crippen LogP contribution in [0.1, 0.15) is 31.4 Å². The highest BCUT2D eigenvalue weighted by Gasteiger charge is 2.32. The van der Waals surface area contributed by atoms with Crippen LogP contribution < -0.4 is 14.4 Å². The van der Waals surface area contributed by atoms with Gasteiger partial charge in [-0.1, -0.05) is 55.0 Å². The van der Waals surface area contributed by atoms with Gasteiger partial charge in [0.1, 0.15) is 18.3 Å². The van der Waals surface area contributed by atoms with Crippen molar-refractivity contribution in [2.45, 2.75) is 44.7 Å². The van der Waals surface area contributed by atoms with Crippen molar-refractivity contribution in [3.8, 4) is 5.75 Å². The minimum absolute atomic E-state index is 0.0789. The van der Waals surface area contributed by atoms with E-state index in [0.717, 1.165) is 21.9 Å². The second kappa shape index (κ2) is 13.1. The van der Waals surface area contributed by atoms with E-state index in [1.165, 1.54) is 17.0 Å². The van der Waals surface area contributed by atoms with Crippen LogP contribution in [0, 0.1) is 6.92 Å². The number of para-hydroxylation sites is 1. The molecule has 0 saturated carbocycles. The molecule has 0 bridgehead atoms. The van der Waals surface area contributed by atoms with Crippen molar-refractivity contribution < 1.29 is 22.7 Å². The van der Waals surface area contributed by atoms with Crippen LogP contribution in [-0.2, 0) is 26.2 Å². The van der Waals surface area contributed by atoms with Gasteiger partial charge < -0.3 is 15.0 Å². The van der Waals surface area contributed by atoms with Crippen LogP contribution in [0.2, 0.25) is 0 Å². The number of hydrogen-bond acceptors (Lipinski definition) is 5. The van der Waals surface area contributed by atoms with Gasteiger partial charge in [-0.2, -0.15) is 0 Å². The number of ether oxygens (including phenoxy) is 1. The van der Waals surface area contributed by atoms with E-state index in [9.17, 15) is 18.0 Å². The van der Waals surface area contributed by atoms with E-state index < -0.39 is 28.5 Å². The second-order valence-electron chi connectivity index (χ2n) is 9.00. The number of rotatable bonds is 12. The van der Waals surface area contributed by atoms with Crippen molar-refractivity contribution in [3.05, 3.63) is 90.0 Å². The minimum Gasteiger partial charge on any atom is -0.497 e. The van der Waals surface area contributed by atoms with Gasteiger partial charge in [0.15, 0.2) is 0 Å². The maximum Gasteiger partial charge on any atom is 0.264 e. The van der Waals surface area contributed by atoms with Crippen LogP contribution in [0.5, 0.6) is 5.75 Å². The van der Waals surface area contributed by atoms with Crippen LogP contribution in [0.4, 0.5) is 5.69 Å². The van der Waals surface area contributed by atoms with E-state index in [2.05, 4.69) is 5.32 Å². The lowest BCUT2D eigenvalue weighted by Crippen LogP contribution is -2.51. The molecule has 0 aliphatic heterocycles. The molecule has 1 atom stereocenters. The number of amides is 2. The van der Waals surface area contributed by atoms with Gasteiger partial charge in [-0.25, -0.2) is 8.42 Å². The van der Waals surface area contributed by atoms with Gasteiger partial charge in [0.05, 0.1) is 17.7 Å². The molecule has 1 N–H and O–H groups in total. The molecule has 0 spiro atoms. The molecule has 202 valence electrons. The van der Waals surface area contributed by atoms with Crippen molar-refractivity contribution in [3.63, 3.8) is 0 Å². The third-order valence-corrected chi connectivity index (χ3v) is 7.95. The molecule has 2 amide bonds. The monoisotopic (exact) mass is 537 g/mol. The molecule has 0 radical (unpaired) electrons. The second-order valence-corrected chi connectivity index (χ2v) is 10.9. The van der Waals surface area contributed by atoms with E-state index in [0.29, 0.717) is 18.0 Å². The number of hydrogen-bond donors (Lipinski definition) is 1. The first-order valence-electron chi connectivity index (χ1n) is 12.5. The highest BCUT2D eigenvalue weighted by molar-refractivity contribution is 7.92. The number of methoxy groups -OCH3 is 1. The highest BCUT2D eigenvalue weighted by Crippen LogP contribution is 2.25. The fourth-order valence-corrected chi connectivity index (χ4v) is 5.28. The Labute approximate surface area is 225 Å². The molecule has 3 rings (SSSR count). The lowest BCUT2D eigenvalue weighted by atomic mass is 10.1. The summed E-state index contributed by atoms with van der Waals surface area (Å²) in [5.41, 5.74) is 2.06. The molecule has 8 nitrogen and oxygen atoms in total. The molecular weight excluding hydrogens is 502 g/mol. The van der Waals surface area contributed by atoms with Crippen molar-refractivity contribution >= 4 is 27.5 Å². The molecule has 0 unspecified atom stereocenters. The Hall–Kier alpha value is -3.85. The third kappa shape index (κ3) is 7.13. The van der Waals surface area contributed by atoms with Gasteiger partial charge in [0, 0.05) is 13.1 Å². The molecule has 0 aliphatic carbocycles. The summed E-state index contributed by atoms with van der Waals surface area (Å²) in [6.45, 7) is 5.59. The molecule has 9 heteroatoms. The maximum absolute atomic E-state index is 13.8. The summed E-state index contributed by atoms with van der Waals surface area (Å²) in [6, 6.07) is 21.3. The van der Waals surface area contributed by atoms with E-state index in [4.69, 9.17) is 4.74 Å². The molecule has 0 aromatic heterocycles. The van der Waals surface area contributed by atoms with Gasteiger partial charge >= 0.3 is 0 Å². The lowest BCUT2D eigenvalue weighted by molar-refractivity contribution is -0.139. The quantitative estimate of drug-likeness (QED) is 0.375. The zero-order chi connectivity index (χ0) is 27.7. The summed E-state index contributed by atoms with van der Waals surface area (Å²) in [4.78, 5) is 28.2. The molecule has 0 saturated heterocycles. The van der Waals surface area contributed by atoms with E-state index in [1.54, 1.807) is 68.6 Å². The number of nitrogens with zero attached hydrogens (tertiary/aromatic N) is 2. The molecule has 3 aromatic rings. The number of aryl methyl sites for hydroxylation is 1. The largest absolute Gasteiger partial charge is 0.497 e. The van der Waals surface area contributed by atoms with Crippen molar-refractivity contribution in [2.24, 2.45) is 0 Å². The van der Waals surface area contributed by atoms with Crippen molar-refractivity contribution in [1.82, 2.24) is 10.2 Å². The number of carbonyl (C=O) groups excluding carboxylic acids is 2. The normalized spacial score (nSPS) is 11.9. The Balaban J connectivity index is 1.98. The molecule has 0 fully saturated rings. The lowest BCUT2D eigenvalue weighted by Gasteiger charge is -2.32. The smallest absolute Gasteiger partial charge is 0.264 e. The Bertz CT molecular complexity index is 1310. The van der Waals surface area contributed by atoms with E-state index >= 15 is 0 Å². The number of sulfonamides is 1. The first kappa shape index (κ1) is 28.7. The zero-order valence-electron chi connectivity index (χ0n) is 22.3.